The van der Waals surface area contributed by atoms with Crippen LogP contribution in [-0.2, 0) is 13.1 Å². The van der Waals surface area contributed by atoms with Gasteiger partial charge in [-0.25, -0.2) is 4.39 Å². The molecule has 0 aliphatic carbocycles. The van der Waals surface area contributed by atoms with Crippen LogP contribution in [0.1, 0.15) is 30.2 Å². The molecule has 0 bridgehead atoms. The Labute approximate surface area is 114 Å². The van der Waals surface area contributed by atoms with Crippen molar-refractivity contribution in [1.29, 1.82) is 0 Å². The Balaban J connectivity index is 2.10. The summed E-state index contributed by atoms with van der Waals surface area (Å²) in [5.74, 6) is -0.168. The topological polar surface area (TPSA) is 17.0 Å². The van der Waals surface area contributed by atoms with Gasteiger partial charge in [-0.3, -0.25) is 0 Å². The molecule has 2 aromatic rings. The first-order chi connectivity index (χ1) is 9.20. The fraction of sp³-hybridized carbons (Fsp3) is 0.375. The van der Waals surface area contributed by atoms with Gasteiger partial charge in [0.1, 0.15) is 5.82 Å². The van der Waals surface area contributed by atoms with E-state index in [0.29, 0.717) is 0 Å². The van der Waals surface area contributed by atoms with Crippen LogP contribution in [0.4, 0.5) is 4.39 Å². The van der Waals surface area contributed by atoms with Crippen LogP contribution in [0.25, 0.3) is 0 Å². The van der Waals surface area contributed by atoms with E-state index in [2.05, 4.69) is 22.9 Å². The molecule has 0 aliphatic heterocycles. The second kappa shape index (κ2) is 6.53. The van der Waals surface area contributed by atoms with Gasteiger partial charge in [0.05, 0.1) is 0 Å². The number of halogens is 1. The number of nitrogens with zero attached hydrogens (tertiary/aromatic N) is 1. The number of nitrogens with one attached hydrogen (secondary N) is 1. The summed E-state index contributed by atoms with van der Waals surface area (Å²) in [4.78, 5) is 0. The van der Waals surface area contributed by atoms with E-state index < -0.39 is 0 Å². The molecule has 0 fully saturated rings. The van der Waals surface area contributed by atoms with Crippen molar-refractivity contribution in [3.8, 4) is 0 Å². The molecule has 0 saturated carbocycles. The van der Waals surface area contributed by atoms with Crippen molar-refractivity contribution in [1.82, 2.24) is 9.88 Å². The van der Waals surface area contributed by atoms with E-state index in [4.69, 9.17) is 0 Å². The molecule has 0 saturated heterocycles. The molecule has 0 amide bonds. The van der Waals surface area contributed by atoms with Crippen molar-refractivity contribution in [2.24, 2.45) is 0 Å². The minimum atomic E-state index is -0.168. The van der Waals surface area contributed by atoms with Crippen LogP contribution in [0, 0.1) is 12.7 Å². The second-order valence-electron chi connectivity index (χ2n) is 4.88. The summed E-state index contributed by atoms with van der Waals surface area (Å²) in [7, 11) is 0. The third kappa shape index (κ3) is 3.67. The Hall–Kier alpha value is -1.61. The molecule has 0 unspecified atom stereocenters. The van der Waals surface area contributed by atoms with Crippen LogP contribution < -0.4 is 5.32 Å². The van der Waals surface area contributed by atoms with E-state index in [-0.39, 0.29) is 5.82 Å². The number of hydrogen-bond donors (Lipinski definition) is 1. The van der Waals surface area contributed by atoms with Gasteiger partial charge in [0.25, 0.3) is 0 Å². The summed E-state index contributed by atoms with van der Waals surface area (Å²) in [5, 5.41) is 3.39. The first-order valence-corrected chi connectivity index (χ1v) is 6.80. The third-order valence-corrected chi connectivity index (χ3v) is 3.31. The molecule has 1 heterocycles. The standard InChI is InChI=1S/C16H21FN2/c1-3-8-18-11-16-5-4-9-19(16)12-14-10-15(17)7-6-13(14)2/h4-7,9-10,18H,3,8,11-12H2,1-2H3. The van der Waals surface area contributed by atoms with Crippen LogP contribution in [0.3, 0.4) is 0 Å². The van der Waals surface area contributed by atoms with E-state index in [9.17, 15) is 4.39 Å². The quantitative estimate of drug-likeness (QED) is 0.787. The average Bonchev–Trinajstić information content (AvgIpc) is 2.82. The van der Waals surface area contributed by atoms with Crippen molar-refractivity contribution >= 4 is 0 Å². The highest BCUT2D eigenvalue weighted by molar-refractivity contribution is 5.27. The molecule has 2 nitrogen and oxygen atoms in total. The maximum absolute atomic E-state index is 13.3. The molecule has 2 rings (SSSR count). The fourth-order valence-electron chi connectivity index (χ4n) is 2.15. The normalized spacial score (nSPS) is 10.9. The van der Waals surface area contributed by atoms with Gasteiger partial charge in [0, 0.05) is 25.0 Å². The van der Waals surface area contributed by atoms with Gasteiger partial charge in [-0.05, 0) is 55.3 Å². The molecule has 0 atom stereocenters. The van der Waals surface area contributed by atoms with Crippen LogP contribution in [0.5, 0.6) is 0 Å². The Kier molecular flexibility index (Phi) is 4.74. The largest absolute Gasteiger partial charge is 0.346 e. The van der Waals surface area contributed by atoms with Crippen molar-refractivity contribution in [3.63, 3.8) is 0 Å². The van der Waals surface area contributed by atoms with E-state index in [1.54, 1.807) is 6.07 Å². The summed E-state index contributed by atoms with van der Waals surface area (Å²) in [6.07, 6.45) is 3.18. The first-order valence-electron chi connectivity index (χ1n) is 6.80. The summed E-state index contributed by atoms with van der Waals surface area (Å²) in [5.41, 5.74) is 3.40. The number of hydrogen-bond acceptors (Lipinski definition) is 1. The minimum absolute atomic E-state index is 0.168. The van der Waals surface area contributed by atoms with Gasteiger partial charge in [-0.1, -0.05) is 13.0 Å². The summed E-state index contributed by atoms with van der Waals surface area (Å²) < 4.78 is 15.5. The van der Waals surface area contributed by atoms with Gasteiger partial charge in [-0.2, -0.15) is 0 Å². The summed E-state index contributed by atoms with van der Waals surface area (Å²) >= 11 is 0. The smallest absolute Gasteiger partial charge is 0.123 e. The fourth-order valence-corrected chi connectivity index (χ4v) is 2.15. The van der Waals surface area contributed by atoms with E-state index in [0.717, 1.165) is 37.2 Å². The van der Waals surface area contributed by atoms with Crippen molar-refractivity contribution in [2.75, 3.05) is 6.54 Å². The highest BCUT2D eigenvalue weighted by Crippen LogP contribution is 2.14. The van der Waals surface area contributed by atoms with Crippen LogP contribution in [0.15, 0.2) is 36.5 Å². The molecule has 0 spiro atoms. The predicted octanol–water partition coefficient (Wildman–Crippen LogP) is 3.48. The zero-order valence-electron chi connectivity index (χ0n) is 11.6. The molecular weight excluding hydrogens is 239 g/mol. The van der Waals surface area contributed by atoms with Gasteiger partial charge in [0.15, 0.2) is 0 Å². The molecule has 1 aromatic heterocycles. The predicted molar refractivity (Wildman–Crippen MR) is 76.7 cm³/mol. The Bertz CT molecular complexity index is 531. The molecule has 0 aliphatic rings. The van der Waals surface area contributed by atoms with Gasteiger partial charge >= 0.3 is 0 Å². The van der Waals surface area contributed by atoms with Crippen molar-refractivity contribution in [2.45, 2.75) is 33.4 Å². The zero-order valence-corrected chi connectivity index (χ0v) is 11.6. The van der Waals surface area contributed by atoms with Gasteiger partial charge in [0.2, 0.25) is 0 Å². The van der Waals surface area contributed by atoms with E-state index >= 15 is 0 Å². The van der Waals surface area contributed by atoms with Crippen LogP contribution >= 0.6 is 0 Å². The molecule has 3 heteroatoms. The monoisotopic (exact) mass is 260 g/mol. The number of benzene rings is 1. The third-order valence-electron chi connectivity index (χ3n) is 3.31. The number of rotatable bonds is 6. The molecule has 102 valence electrons. The van der Waals surface area contributed by atoms with Crippen LogP contribution in [0.2, 0.25) is 0 Å². The molecule has 19 heavy (non-hydrogen) atoms. The van der Waals surface area contributed by atoms with Gasteiger partial charge in [-0.15, -0.1) is 0 Å². The maximum atomic E-state index is 13.3. The highest BCUT2D eigenvalue weighted by Gasteiger charge is 2.05. The lowest BCUT2D eigenvalue weighted by molar-refractivity contribution is 0.614. The Morgan fingerprint density at radius 3 is 2.89 bits per heavy atom. The minimum Gasteiger partial charge on any atom is -0.346 e. The Morgan fingerprint density at radius 1 is 1.26 bits per heavy atom. The lowest BCUT2D eigenvalue weighted by Crippen LogP contribution is -2.17. The number of aryl methyl sites for hydroxylation is 1. The molecular formula is C16H21FN2. The van der Waals surface area contributed by atoms with E-state index in [1.165, 1.54) is 11.8 Å². The van der Waals surface area contributed by atoms with Crippen LogP contribution in [-0.4, -0.2) is 11.1 Å². The van der Waals surface area contributed by atoms with E-state index in [1.807, 2.05) is 25.3 Å². The van der Waals surface area contributed by atoms with Gasteiger partial charge < -0.3 is 9.88 Å². The molecule has 1 N–H and O–H groups in total. The molecule has 1 aromatic carbocycles. The highest BCUT2D eigenvalue weighted by atomic mass is 19.1. The lowest BCUT2D eigenvalue weighted by Gasteiger charge is -2.12. The van der Waals surface area contributed by atoms with Crippen molar-refractivity contribution < 1.29 is 4.39 Å². The molecule has 0 radical (unpaired) electrons. The zero-order chi connectivity index (χ0) is 13.7. The first kappa shape index (κ1) is 13.8. The maximum Gasteiger partial charge on any atom is 0.123 e. The van der Waals surface area contributed by atoms with Crippen molar-refractivity contribution in [3.05, 3.63) is 59.2 Å². The SMILES string of the molecule is CCCNCc1cccn1Cc1cc(F)ccc1C. The Morgan fingerprint density at radius 2 is 2.11 bits per heavy atom. The average molecular weight is 260 g/mol. The second-order valence-corrected chi connectivity index (χ2v) is 4.88. The summed E-state index contributed by atoms with van der Waals surface area (Å²) in [6, 6.07) is 9.12. The number of aromatic nitrogens is 1. The lowest BCUT2D eigenvalue weighted by atomic mass is 10.1. The summed E-state index contributed by atoms with van der Waals surface area (Å²) in [6.45, 7) is 6.77.